The minimum atomic E-state index is -0.262. The second-order valence-electron chi connectivity index (χ2n) is 4.14. The molecule has 2 rings (SSSR count). The first-order valence-electron chi connectivity index (χ1n) is 5.74. The number of nitrogens with zero attached hydrogens (tertiary/aromatic N) is 2. The molecule has 1 aliphatic rings. The second kappa shape index (κ2) is 5.12. The van der Waals surface area contributed by atoms with E-state index < -0.39 is 0 Å². The van der Waals surface area contributed by atoms with E-state index in [0.717, 1.165) is 30.9 Å². The molecule has 3 N–H and O–H groups in total. The first-order valence-corrected chi connectivity index (χ1v) is 5.74. The monoisotopic (exact) mass is 222 g/mol. The number of aliphatic hydroxyl groups is 1. The van der Waals surface area contributed by atoms with Crippen LogP contribution in [0.3, 0.4) is 0 Å². The average Bonchev–Trinajstić information content (AvgIpc) is 2.32. The van der Waals surface area contributed by atoms with E-state index in [4.69, 9.17) is 0 Å². The third-order valence-corrected chi connectivity index (χ3v) is 2.99. The van der Waals surface area contributed by atoms with Crippen LogP contribution in [0, 0.1) is 0 Å². The Bertz CT molecular complexity index is 345. The molecule has 0 amide bonds. The molecule has 0 radical (unpaired) electrons. The van der Waals surface area contributed by atoms with Gasteiger partial charge in [0, 0.05) is 13.1 Å². The Morgan fingerprint density at radius 2 is 2.00 bits per heavy atom. The van der Waals surface area contributed by atoms with Crippen LogP contribution in [0.2, 0.25) is 0 Å². The van der Waals surface area contributed by atoms with Gasteiger partial charge in [-0.05, 0) is 12.8 Å². The van der Waals surface area contributed by atoms with Gasteiger partial charge in [0.2, 0.25) is 0 Å². The number of hydrogen-bond donors (Lipinski definition) is 3. The Morgan fingerprint density at radius 3 is 2.75 bits per heavy atom. The van der Waals surface area contributed by atoms with Crippen molar-refractivity contribution in [3.8, 4) is 0 Å². The summed E-state index contributed by atoms with van der Waals surface area (Å²) >= 11 is 0. The zero-order valence-corrected chi connectivity index (χ0v) is 9.48. The summed E-state index contributed by atoms with van der Waals surface area (Å²) in [5, 5.41) is 16.1. The van der Waals surface area contributed by atoms with Gasteiger partial charge in [0.25, 0.3) is 0 Å². The smallest absolute Gasteiger partial charge is 0.131 e. The predicted octanol–water partition coefficient (Wildman–Crippen LogP) is 1.23. The Kier molecular flexibility index (Phi) is 3.56. The van der Waals surface area contributed by atoms with Crippen LogP contribution in [0.4, 0.5) is 11.6 Å². The summed E-state index contributed by atoms with van der Waals surface area (Å²) in [5.41, 5.74) is 0. The number of aliphatic hydroxyl groups excluding tert-OH is 1. The van der Waals surface area contributed by atoms with Crippen molar-refractivity contribution in [2.75, 3.05) is 17.7 Å². The first-order chi connectivity index (χ1) is 7.79. The van der Waals surface area contributed by atoms with Gasteiger partial charge in [-0.1, -0.05) is 12.8 Å². The zero-order valence-electron chi connectivity index (χ0n) is 9.48. The molecular formula is C11H18N4O. The molecule has 16 heavy (non-hydrogen) atoms. The van der Waals surface area contributed by atoms with Crippen molar-refractivity contribution in [3.63, 3.8) is 0 Å². The fourth-order valence-electron chi connectivity index (χ4n) is 2.04. The van der Waals surface area contributed by atoms with Crippen molar-refractivity contribution in [1.29, 1.82) is 0 Å². The maximum atomic E-state index is 9.84. The highest BCUT2D eigenvalue weighted by Gasteiger charge is 2.22. The van der Waals surface area contributed by atoms with Gasteiger partial charge in [0.15, 0.2) is 0 Å². The van der Waals surface area contributed by atoms with Gasteiger partial charge in [-0.2, -0.15) is 0 Å². The Morgan fingerprint density at radius 1 is 1.25 bits per heavy atom. The molecule has 0 aliphatic heterocycles. The second-order valence-corrected chi connectivity index (χ2v) is 4.14. The standard InChI is InChI=1S/C11H18N4O/c1-12-10-6-11(14-7-13-10)15-8-4-2-3-5-9(8)16/h6-9,16H,2-5H2,1H3,(H2,12,13,14,15). The molecule has 0 spiro atoms. The van der Waals surface area contributed by atoms with Crippen LogP contribution in [0.5, 0.6) is 0 Å². The first kappa shape index (κ1) is 11.1. The summed E-state index contributed by atoms with van der Waals surface area (Å²) in [7, 11) is 1.82. The number of nitrogens with one attached hydrogen (secondary N) is 2. The van der Waals surface area contributed by atoms with Crippen molar-refractivity contribution in [1.82, 2.24) is 9.97 Å². The molecule has 1 aliphatic carbocycles. The van der Waals surface area contributed by atoms with Crippen LogP contribution >= 0.6 is 0 Å². The van der Waals surface area contributed by atoms with Crippen molar-refractivity contribution >= 4 is 11.6 Å². The maximum absolute atomic E-state index is 9.84. The lowest BCUT2D eigenvalue weighted by atomic mass is 9.93. The van der Waals surface area contributed by atoms with E-state index in [-0.39, 0.29) is 12.1 Å². The average molecular weight is 222 g/mol. The fourth-order valence-corrected chi connectivity index (χ4v) is 2.04. The zero-order chi connectivity index (χ0) is 11.4. The number of rotatable bonds is 3. The molecule has 0 bridgehead atoms. The van der Waals surface area contributed by atoms with Crippen LogP contribution in [-0.4, -0.2) is 34.3 Å². The van der Waals surface area contributed by atoms with Gasteiger partial charge in [-0.25, -0.2) is 9.97 Å². The summed E-state index contributed by atoms with van der Waals surface area (Å²) in [6.45, 7) is 0. The lowest BCUT2D eigenvalue weighted by molar-refractivity contribution is 0.116. The highest BCUT2D eigenvalue weighted by molar-refractivity contribution is 5.46. The summed E-state index contributed by atoms with van der Waals surface area (Å²) < 4.78 is 0. The molecular weight excluding hydrogens is 204 g/mol. The Labute approximate surface area is 95.3 Å². The third kappa shape index (κ3) is 2.61. The van der Waals surface area contributed by atoms with Crippen LogP contribution < -0.4 is 10.6 Å². The van der Waals surface area contributed by atoms with E-state index in [1.54, 1.807) is 0 Å². The van der Waals surface area contributed by atoms with Gasteiger partial charge in [-0.3, -0.25) is 0 Å². The molecule has 0 saturated heterocycles. The normalized spacial score (nSPS) is 25.1. The van der Waals surface area contributed by atoms with Crippen molar-refractivity contribution in [2.24, 2.45) is 0 Å². The lowest BCUT2D eigenvalue weighted by Crippen LogP contribution is -2.36. The molecule has 1 saturated carbocycles. The van der Waals surface area contributed by atoms with Gasteiger partial charge in [-0.15, -0.1) is 0 Å². The quantitative estimate of drug-likeness (QED) is 0.717. The summed E-state index contributed by atoms with van der Waals surface area (Å²) in [4.78, 5) is 8.19. The van der Waals surface area contributed by atoms with Gasteiger partial charge >= 0.3 is 0 Å². The van der Waals surface area contributed by atoms with Crippen LogP contribution in [0.1, 0.15) is 25.7 Å². The summed E-state index contributed by atoms with van der Waals surface area (Å²) in [5.74, 6) is 1.55. The number of hydrogen-bond acceptors (Lipinski definition) is 5. The van der Waals surface area contributed by atoms with Crippen LogP contribution in [0.15, 0.2) is 12.4 Å². The topological polar surface area (TPSA) is 70.1 Å². The van der Waals surface area contributed by atoms with E-state index in [2.05, 4.69) is 20.6 Å². The van der Waals surface area contributed by atoms with E-state index in [9.17, 15) is 5.11 Å². The van der Waals surface area contributed by atoms with Gasteiger partial charge in [0.1, 0.15) is 18.0 Å². The molecule has 2 unspecified atom stereocenters. The molecule has 1 heterocycles. The minimum absolute atomic E-state index is 0.119. The Balaban J connectivity index is 2.01. The van der Waals surface area contributed by atoms with Crippen molar-refractivity contribution in [2.45, 2.75) is 37.8 Å². The highest BCUT2D eigenvalue weighted by Crippen LogP contribution is 2.21. The van der Waals surface area contributed by atoms with E-state index in [1.807, 2.05) is 13.1 Å². The molecule has 1 aromatic rings. The predicted molar refractivity (Wildman–Crippen MR) is 63.5 cm³/mol. The molecule has 88 valence electrons. The molecule has 1 fully saturated rings. The molecule has 5 heteroatoms. The number of aromatic nitrogens is 2. The minimum Gasteiger partial charge on any atom is -0.391 e. The van der Waals surface area contributed by atoms with E-state index in [1.165, 1.54) is 12.7 Å². The lowest BCUT2D eigenvalue weighted by Gasteiger charge is -2.28. The van der Waals surface area contributed by atoms with Crippen molar-refractivity contribution < 1.29 is 5.11 Å². The number of anilines is 2. The summed E-state index contributed by atoms with van der Waals surface area (Å²) in [6, 6.07) is 1.97. The SMILES string of the molecule is CNc1cc(NC2CCCCC2O)ncn1. The van der Waals surface area contributed by atoms with E-state index >= 15 is 0 Å². The molecule has 0 aromatic carbocycles. The van der Waals surface area contributed by atoms with E-state index in [0.29, 0.717) is 0 Å². The Hall–Kier alpha value is -1.36. The van der Waals surface area contributed by atoms with Crippen LogP contribution in [0.25, 0.3) is 0 Å². The van der Waals surface area contributed by atoms with Crippen molar-refractivity contribution in [3.05, 3.63) is 12.4 Å². The molecule has 1 aromatic heterocycles. The van der Waals surface area contributed by atoms with Gasteiger partial charge < -0.3 is 15.7 Å². The molecule has 2 atom stereocenters. The third-order valence-electron chi connectivity index (χ3n) is 2.99. The fraction of sp³-hybridized carbons (Fsp3) is 0.636. The largest absolute Gasteiger partial charge is 0.391 e. The molecule has 5 nitrogen and oxygen atoms in total. The summed E-state index contributed by atoms with van der Waals surface area (Å²) in [6.07, 6.45) is 5.41. The highest BCUT2D eigenvalue weighted by atomic mass is 16.3. The van der Waals surface area contributed by atoms with Crippen LogP contribution in [-0.2, 0) is 0 Å². The maximum Gasteiger partial charge on any atom is 0.131 e. The van der Waals surface area contributed by atoms with Gasteiger partial charge in [0.05, 0.1) is 12.1 Å².